The van der Waals surface area contributed by atoms with Crippen molar-refractivity contribution in [3.8, 4) is 0 Å². The lowest BCUT2D eigenvalue weighted by atomic mass is 10.1. The Morgan fingerprint density at radius 1 is 1.42 bits per heavy atom. The molecular weight excluding hydrogens is 276 g/mol. The Morgan fingerprint density at radius 3 is 3.05 bits per heavy atom. The summed E-state index contributed by atoms with van der Waals surface area (Å²) in [5.41, 5.74) is 0. The second kappa shape index (κ2) is 9.16. The number of amidine groups is 1. The number of nitrogens with zero attached hydrogens (tertiary/aromatic N) is 1. The molecule has 4 heteroatoms. The van der Waals surface area contributed by atoms with Gasteiger partial charge in [-0.3, -0.25) is 4.99 Å². The number of thiophene rings is 1. The molecule has 19 heavy (non-hydrogen) atoms. The van der Waals surface area contributed by atoms with E-state index < -0.39 is 0 Å². The molecule has 0 amide bonds. The lowest BCUT2D eigenvalue weighted by molar-refractivity contribution is 0.607. The highest BCUT2D eigenvalue weighted by Crippen LogP contribution is 2.14. The Bertz CT molecular complexity index is 387. The first-order valence-electron chi connectivity index (χ1n) is 6.81. The Hall–Kier alpha value is -0.800. The fourth-order valence-electron chi connectivity index (χ4n) is 2.29. The topological polar surface area (TPSA) is 24.4 Å². The smallest absolute Gasteiger partial charge is 0.0965 e. The predicted octanol–water partition coefficient (Wildman–Crippen LogP) is 4.22. The van der Waals surface area contributed by atoms with Crippen molar-refractivity contribution < 1.29 is 0 Å². The maximum atomic E-state index is 4.65. The summed E-state index contributed by atoms with van der Waals surface area (Å²) in [6, 6.07) is 4.77. The Balaban J connectivity index is 0.00000180. The van der Waals surface area contributed by atoms with Crippen LogP contribution in [0.3, 0.4) is 0 Å². The molecule has 0 bridgehead atoms. The molecule has 1 N–H and O–H groups in total. The Labute approximate surface area is 126 Å². The van der Waals surface area contributed by atoms with Crippen molar-refractivity contribution in [2.75, 3.05) is 6.54 Å². The molecule has 1 aliphatic heterocycles. The molecule has 0 aromatic carbocycles. The molecule has 0 radical (unpaired) electrons. The largest absolute Gasteiger partial charge is 0.370 e. The first kappa shape index (κ1) is 16.3. The van der Waals surface area contributed by atoms with E-state index in [1.165, 1.54) is 30.0 Å². The van der Waals surface area contributed by atoms with Gasteiger partial charge in [0.1, 0.15) is 0 Å². The van der Waals surface area contributed by atoms with Gasteiger partial charge >= 0.3 is 0 Å². The van der Waals surface area contributed by atoms with Gasteiger partial charge in [0.2, 0.25) is 0 Å². The monoisotopic (exact) mass is 298 g/mol. The van der Waals surface area contributed by atoms with Gasteiger partial charge in [0.25, 0.3) is 0 Å². The number of aliphatic imine (C=N–C) groups is 1. The summed E-state index contributed by atoms with van der Waals surface area (Å²) in [4.78, 5) is 6.08. The second-order valence-electron chi connectivity index (χ2n) is 4.79. The van der Waals surface area contributed by atoms with E-state index in [9.17, 15) is 0 Å². The minimum atomic E-state index is 0. The fraction of sp³-hybridized carbons (Fsp3) is 0.533. The first-order chi connectivity index (χ1) is 8.88. The average Bonchev–Trinajstić information content (AvgIpc) is 2.73. The van der Waals surface area contributed by atoms with Crippen LogP contribution in [0.15, 0.2) is 35.2 Å². The summed E-state index contributed by atoms with van der Waals surface area (Å²) < 4.78 is 0. The van der Waals surface area contributed by atoms with E-state index in [1.807, 2.05) is 17.4 Å². The van der Waals surface area contributed by atoms with E-state index in [1.54, 1.807) is 0 Å². The van der Waals surface area contributed by atoms with Crippen molar-refractivity contribution in [1.29, 1.82) is 0 Å². The van der Waals surface area contributed by atoms with Crippen LogP contribution in [-0.2, 0) is 6.42 Å². The lowest BCUT2D eigenvalue weighted by Gasteiger charge is -2.19. The third kappa shape index (κ3) is 5.79. The highest BCUT2D eigenvalue weighted by atomic mass is 35.5. The molecule has 106 valence electrons. The fourth-order valence-corrected chi connectivity index (χ4v) is 3.08. The van der Waals surface area contributed by atoms with Gasteiger partial charge < -0.3 is 5.32 Å². The van der Waals surface area contributed by atoms with E-state index in [-0.39, 0.29) is 12.4 Å². The molecule has 1 aliphatic rings. The standard InChI is InChI=1S/C15H22N2S.ClH/c1-2-7-13(12-14-8-6-11-18-14)17-15-9-4-3-5-10-16-15;/h2,6,8,11,13H,1,3-5,7,9-10,12H2,(H,16,17);1H. The molecule has 1 unspecified atom stereocenters. The molecule has 2 heterocycles. The zero-order valence-electron chi connectivity index (χ0n) is 11.3. The van der Waals surface area contributed by atoms with Crippen LogP contribution in [-0.4, -0.2) is 18.4 Å². The van der Waals surface area contributed by atoms with Crippen molar-refractivity contribution in [3.05, 3.63) is 35.0 Å². The summed E-state index contributed by atoms with van der Waals surface area (Å²) in [5.74, 6) is 1.20. The van der Waals surface area contributed by atoms with Crippen LogP contribution >= 0.6 is 23.7 Å². The highest BCUT2D eigenvalue weighted by Gasteiger charge is 2.12. The molecule has 0 aliphatic carbocycles. The van der Waals surface area contributed by atoms with Gasteiger partial charge in [0.15, 0.2) is 0 Å². The van der Waals surface area contributed by atoms with Crippen LogP contribution in [0.4, 0.5) is 0 Å². The van der Waals surface area contributed by atoms with Crippen molar-refractivity contribution in [2.45, 2.75) is 44.6 Å². The van der Waals surface area contributed by atoms with Gasteiger partial charge in [-0.15, -0.1) is 30.3 Å². The molecule has 0 fully saturated rings. The molecule has 1 aromatic rings. The summed E-state index contributed by atoms with van der Waals surface area (Å²) in [6.45, 7) is 4.85. The Kier molecular flexibility index (Phi) is 7.84. The number of hydrogen-bond acceptors (Lipinski definition) is 3. The van der Waals surface area contributed by atoms with E-state index >= 15 is 0 Å². The molecule has 0 spiro atoms. The van der Waals surface area contributed by atoms with Gasteiger partial charge in [0.05, 0.1) is 5.84 Å². The van der Waals surface area contributed by atoms with Gasteiger partial charge in [-0.05, 0) is 30.7 Å². The first-order valence-corrected chi connectivity index (χ1v) is 7.69. The summed E-state index contributed by atoms with van der Waals surface area (Å²) in [6.07, 6.45) is 9.00. The summed E-state index contributed by atoms with van der Waals surface area (Å²) in [7, 11) is 0. The molecule has 2 nitrogen and oxygen atoms in total. The van der Waals surface area contributed by atoms with Crippen molar-refractivity contribution >= 4 is 29.6 Å². The van der Waals surface area contributed by atoms with E-state index in [0.717, 1.165) is 25.8 Å². The molecule has 1 aromatic heterocycles. The summed E-state index contributed by atoms with van der Waals surface area (Å²) in [5, 5.41) is 5.76. The number of hydrogen-bond donors (Lipinski definition) is 1. The SMILES string of the molecule is C=CCC(Cc1cccs1)NC1=NCCCCC1.Cl. The van der Waals surface area contributed by atoms with E-state index in [4.69, 9.17) is 0 Å². The zero-order valence-corrected chi connectivity index (χ0v) is 12.9. The lowest BCUT2D eigenvalue weighted by Crippen LogP contribution is -2.36. The maximum Gasteiger partial charge on any atom is 0.0965 e. The zero-order chi connectivity index (χ0) is 12.6. The highest BCUT2D eigenvalue weighted by molar-refractivity contribution is 7.09. The maximum absolute atomic E-state index is 4.65. The third-order valence-electron chi connectivity index (χ3n) is 3.22. The molecule has 0 saturated carbocycles. The van der Waals surface area contributed by atoms with Gasteiger partial charge in [-0.1, -0.05) is 18.6 Å². The quantitative estimate of drug-likeness (QED) is 0.809. The number of rotatable bonds is 5. The van der Waals surface area contributed by atoms with Gasteiger partial charge in [-0.25, -0.2) is 0 Å². The number of halogens is 1. The predicted molar refractivity (Wildman–Crippen MR) is 87.8 cm³/mol. The summed E-state index contributed by atoms with van der Waals surface area (Å²) >= 11 is 1.83. The van der Waals surface area contributed by atoms with Crippen LogP contribution in [0, 0.1) is 0 Å². The van der Waals surface area contributed by atoms with E-state index in [0.29, 0.717) is 6.04 Å². The van der Waals surface area contributed by atoms with Crippen LogP contribution in [0.1, 0.15) is 37.0 Å². The normalized spacial score (nSPS) is 16.7. The minimum absolute atomic E-state index is 0. The number of nitrogens with one attached hydrogen (secondary N) is 1. The Morgan fingerprint density at radius 2 is 2.32 bits per heavy atom. The third-order valence-corrected chi connectivity index (χ3v) is 4.12. The van der Waals surface area contributed by atoms with Crippen molar-refractivity contribution in [1.82, 2.24) is 5.32 Å². The van der Waals surface area contributed by atoms with Crippen molar-refractivity contribution in [3.63, 3.8) is 0 Å². The average molecular weight is 299 g/mol. The van der Waals surface area contributed by atoms with Gasteiger partial charge in [0, 0.05) is 30.3 Å². The molecule has 0 saturated heterocycles. The van der Waals surface area contributed by atoms with Crippen LogP contribution < -0.4 is 5.32 Å². The van der Waals surface area contributed by atoms with Crippen LogP contribution in [0.2, 0.25) is 0 Å². The van der Waals surface area contributed by atoms with E-state index in [2.05, 4.69) is 34.4 Å². The molecular formula is C15H23ClN2S. The molecule has 1 atom stereocenters. The van der Waals surface area contributed by atoms with Crippen LogP contribution in [0.5, 0.6) is 0 Å². The minimum Gasteiger partial charge on any atom is -0.370 e. The van der Waals surface area contributed by atoms with Crippen molar-refractivity contribution in [2.24, 2.45) is 4.99 Å². The molecule has 2 rings (SSSR count). The second-order valence-corrected chi connectivity index (χ2v) is 5.82. The van der Waals surface area contributed by atoms with Crippen LogP contribution in [0.25, 0.3) is 0 Å². The van der Waals surface area contributed by atoms with Gasteiger partial charge in [-0.2, -0.15) is 0 Å².